The van der Waals surface area contributed by atoms with Crippen molar-refractivity contribution in [1.29, 1.82) is 0 Å². The van der Waals surface area contributed by atoms with E-state index in [0.29, 0.717) is 11.1 Å². The first-order valence-electron chi connectivity index (χ1n) is 17.1. The van der Waals surface area contributed by atoms with Crippen molar-refractivity contribution in [2.24, 2.45) is 0 Å². The fourth-order valence-corrected chi connectivity index (χ4v) is 7.06. The van der Waals surface area contributed by atoms with Gasteiger partial charge in [-0.3, -0.25) is 19.2 Å². The van der Waals surface area contributed by atoms with E-state index in [1.54, 1.807) is 36.4 Å². The number of carboxylic acids is 2. The summed E-state index contributed by atoms with van der Waals surface area (Å²) >= 11 is 13.9. The number of nitrogens with one attached hydrogen (secondary N) is 2. The predicted octanol–water partition coefficient (Wildman–Crippen LogP) is 3.79. The number of carbonyl (C=O) groups excluding carboxylic acids is 2. The molecule has 0 radical (unpaired) electrons. The van der Waals surface area contributed by atoms with Crippen molar-refractivity contribution in [3.05, 3.63) is 82.3 Å². The van der Waals surface area contributed by atoms with Crippen molar-refractivity contribution in [3.8, 4) is 44.9 Å². The van der Waals surface area contributed by atoms with Crippen LogP contribution < -0.4 is 29.9 Å². The summed E-state index contributed by atoms with van der Waals surface area (Å²) in [5.41, 5.74) is 1.62. The number of ether oxygens (including phenoxy) is 2. The molecule has 2 aliphatic rings. The lowest BCUT2D eigenvalue weighted by Gasteiger charge is -2.30. The number of hydrogen-bond acceptors (Lipinski definition) is 10. The normalized spacial score (nSPS) is 14.8. The van der Waals surface area contributed by atoms with E-state index in [1.807, 2.05) is 0 Å². The lowest BCUT2D eigenvalue weighted by atomic mass is 9.94. The first-order chi connectivity index (χ1) is 26.8. The second kappa shape index (κ2) is 17.2. The second-order valence-electron chi connectivity index (χ2n) is 12.7. The van der Waals surface area contributed by atoms with Crippen molar-refractivity contribution in [3.63, 3.8) is 0 Å². The third-order valence-electron chi connectivity index (χ3n) is 9.26. The number of hydrogen-bond donors (Lipinski definition) is 6. The molecule has 2 heterocycles. The van der Waals surface area contributed by atoms with Crippen LogP contribution in [0.1, 0.15) is 0 Å². The Labute approximate surface area is 327 Å². The number of carboxylic acid groups (broad SMARTS) is 2. The summed E-state index contributed by atoms with van der Waals surface area (Å²) in [4.78, 5) is 50.4. The fourth-order valence-electron chi connectivity index (χ4n) is 6.40. The zero-order chi connectivity index (χ0) is 40.3. The van der Waals surface area contributed by atoms with Crippen LogP contribution in [0.5, 0.6) is 11.5 Å². The van der Waals surface area contributed by atoms with Crippen LogP contribution in [0.3, 0.4) is 0 Å². The lowest BCUT2D eigenvalue weighted by Crippen LogP contribution is -2.47. The van der Waals surface area contributed by atoms with Crippen molar-refractivity contribution in [2.75, 3.05) is 62.4 Å². The Balaban J connectivity index is 1.29. The van der Waals surface area contributed by atoms with Crippen LogP contribution in [-0.4, -0.2) is 109 Å². The van der Waals surface area contributed by atoms with Gasteiger partial charge in [-0.05, 0) is 12.1 Å². The van der Waals surface area contributed by atoms with Gasteiger partial charge in [0.25, 0.3) is 11.8 Å². The van der Waals surface area contributed by atoms with Gasteiger partial charge in [0.2, 0.25) is 0 Å². The third-order valence-corrected chi connectivity index (χ3v) is 10.1. The molecule has 0 aromatic heterocycles. The molecule has 18 heteroatoms. The van der Waals surface area contributed by atoms with Gasteiger partial charge in [0, 0.05) is 71.7 Å². The van der Waals surface area contributed by atoms with Gasteiger partial charge in [0.15, 0.2) is 13.2 Å². The van der Waals surface area contributed by atoms with Crippen LogP contribution in [0.15, 0.2) is 60.7 Å². The van der Waals surface area contributed by atoms with Crippen LogP contribution >= 0.6 is 23.2 Å². The molecule has 0 saturated carbocycles. The summed E-state index contributed by atoms with van der Waals surface area (Å²) in [5, 5.41) is 42.3. The zero-order valence-corrected chi connectivity index (χ0v) is 30.7. The van der Waals surface area contributed by atoms with Gasteiger partial charge in [-0.1, -0.05) is 59.6 Å². The highest BCUT2D eigenvalue weighted by Gasteiger charge is 2.31. The van der Waals surface area contributed by atoms with Gasteiger partial charge in [0.05, 0.1) is 34.6 Å². The zero-order valence-electron chi connectivity index (χ0n) is 29.2. The van der Waals surface area contributed by atoms with E-state index in [1.165, 1.54) is 21.9 Å². The van der Waals surface area contributed by atoms with Crippen LogP contribution in [0.4, 0.5) is 20.2 Å². The molecule has 294 valence electrons. The molecule has 6 N–H and O–H groups in total. The quantitative estimate of drug-likeness (QED) is 0.102. The SMILES string of the molecule is O=C(O)[C@H](CO)NCCN1C(=O)COc2cc(-c3cccc(-c4cccc(-c5cc6c(cc5F)N(CCN[C@@H](CO)C(=O)O)C(=O)CO6)c4Cl)c3Cl)c(F)cc21. The van der Waals surface area contributed by atoms with E-state index < -0.39 is 60.7 Å². The summed E-state index contributed by atoms with van der Waals surface area (Å²) in [6, 6.07) is 12.3. The van der Waals surface area contributed by atoms with Crippen LogP contribution in [-0.2, 0) is 19.2 Å². The summed E-state index contributed by atoms with van der Waals surface area (Å²) in [6.07, 6.45) is 0. The molecule has 2 aliphatic heterocycles. The Kier molecular flexibility index (Phi) is 12.4. The van der Waals surface area contributed by atoms with E-state index in [4.69, 9.17) is 42.9 Å². The number of amides is 2. The van der Waals surface area contributed by atoms with Gasteiger partial charge >= 0.3 is 11.9 Å². The number of halogens is 4. The molecule has 0 unspecified atom stereocenters. The molecular formula is C38H34Cl2F2N4O10. The van der Waals surface area contributed by atoms with Crippen molar-refractivity contribution in [1.82, 2.24) is 10.6 Å². The standard InChI is InChI=1S/C38H34Cl2F2N4O10/c39-35-19(3-1-5-21(35)23-11-31-29(13-25(23)41)45(33(49)17-55-31)9-7-43-27(15-47)37(51)52)20-4-2-6-22(36(20)40)24-12-32-30(14-26(24)42)46(34(50)18-56-32)10-8-44-28(16-48)38(53)54/h1-6,11-14,27-28,43-44,47-48H,7-10,15-18H2,(H,51,52)(H,53,54)/t27-,28-/m0/s1. The van der Waals surface area contributed by atoms with Crippen LogP contribution in [0.25, 0.3) is 33.4 Å². The number of aliphatic carboxylic acids is 2. The van der Waals surface area contributed by atoms with Crippen molar-refractivity contribution < 1.29 is 57.9 Å². The Morgan fingerprint density at radius 1 is 0.661 bits per heavy atom. The molecule has 4 aromatic carbocycles. The number of fused-ring (bicyclic) bond motifs is 2. The molecular weight excluding hydrogens is 781 g/mol. The minimum Gasteiger partial charge on any atom is -0.482 e. The highest BCUT2D eigenvalue weighted by atomic mass is 35.5. The highest BCUT2D eigenvalue weighted by Crippen LogP contribution is 2.46. The fraction of sp³-hybridized carbons (Fsp3) is 0.263. The average molecular weight is 816 g/mol. The molecule has 0 bridgehead atoms. The number of aliphatic hydroxyl groups is 2. The number of carbonyl (C=O) groups is 4. The maximum atomic E-state index is 15.9. The number of benzene rings is 4. The Hall–Kier alpha value is -5.36. The van der Waals surface area contributed by atoms with E-state index >= 15 is 8.78 Å². The molecule has 6 rings (SSSR count). The van der Waals surface area contributed by atoms with Gasteiger partial charge in [0.1, 0.15) is 35.2 Å². The first kappa shape index (κ1) is 40.3. The van der Waals surface area contributed by atoms with Gasteiger partial charge < -0.3 is 50.3 Å². The Morgan fingerprint density at radius 2 is 1.02 bits per heavy atom. The molecule has 0 spiro atoms. The lowest BCUT2D eigenvalue weighted by molar-refractivity contribution is -0.141. The molecule has 2 atom stereocenters. The number of anilines is 2. The Bertz CT molecular complexity index is 2060. The summed E-state index contributed by atoms with van der Waals surface area (Å²) < 4.78 is 43.1. The van der Waals surface area contributed by atoms with Gasteiger partial charge in [-0.15, -0.1) is 0 Å². The molecule has 56 heavy (non-hydrogen) atoms. The average Bonchev–Trinajstić information content (AvgIpc) is 3.16. The van der Waals surface area contributed by atoms with Crippen LogP contribution in [0.2, 0.25) is 10.0 Å². The van der Waals surface area contributed by atoms with Gasteiger partial charge in [-0.25, -0.2) is 8.78 Å². The van der Waals surface area contributed by atoms with Crippen molar-refractivity contribution >= 4 is 58.3 Å². The maximum absolute atomic E-state index is 15.9. The number of nitrogens with zero attached hydrogens (tertiary/aromatic N) is 2. The molecule has 4 aromatic rings. The maximum Gasteiger partial charge on any atom is 0.323 e. The van der Waals surface area contributed by atoms with E-state index in [-0.39, 0.29) is 94.6 Å². The monoisotopic (exact) mass is 814 g/mol. The topological polar surface area (TPSA) is 198 Å². The van der Waals surface area contributed by atoms with E-state index in [0.717, 1.165) is 12.1 Å². The largest absolute Gasteiger partial charge is 0.482 e. The van der Waals surface area contributed by atoms with E-state index in [2.05, 4.69) is 10.6 Å². The molecule has 2 amide bonds. The summed E-state index contributed by atoms with van der Waals surface area (Å²) in [6.45, 7) is -2.13. The number of rotatable bonds is 15. The summed E-state index contributed by atoms with van der Waals surface area (Å²) in [5.74, 6) is -4.63. The second-order valence-corrected chi connectivity index (χ2v) is 13.4. The summed E-state index contributed by atoms with van der Waals surface area (Å²) in [7, 11) is 0. The smallest absolute Gasteiger partial charge is 0.323 e. The minimum absolute atomic E-state index is 0.0133. The molecule has 0 aliphatic carbocycles. The molecule has 0 saturated heterocycles. The first-order valence-corrected chi connectivity index (χ1v) is 17.9. The predicted molar refractivity (Wildman–Crippen MR) is 201 cm³/mol. The molecule has 0 fully saturated rings. The van der Waals surface area contributed by atoms with Crippen LogP contribution in [0, 0.1) is 11.6 Å². The highest BCUT2D eigenvalue weighted by molar-refractivity contribution is 6.39. The van der Waals surface area contributed by atoms with Crippen molar-refractivity contribution in [2.45, 2.75) is 12.1 Å². The molecule has 14 nitrogen and oxygen atoms in total. The van der Waals surface area contributed by atoms with E-state index in [9.17, 15) is 29.4 Å². The minimum atomic E-state index is -1.27. The number of aliphatic hydroxyl groups excluding tert-OH is 2. The van der Waals surface area contributed by atoms with Gasteiger partial charge in [-0.2, -0.15) is 0 Å². The Morgan fingerprint density at radius 3 is 1.36 bits per heavy atom. The third kappa shape index (κ3) is 8.11.